The van der Waals surface area contributed by atoms with E-state index in [0.29, 0.717) is 62.0 Å². The molecule has 0 N–H and O–H groups in total. The molecule has 2 aliphatic heterocycles. The number of ether oxygens (including phenoxy) is 3. The van der Waals surface area contributed by atoms with Crippen LogP contribution in [0.25, 0.3) is 32.8 Å². The Balaban J connectivity index is 1.31. The fraction of sp³-hybridized carbons (Fsp3) is 0.375. The highest BCUT2D eigenvalue weighted by atomic mass is 35.5. The number of halogens is 2. The lowest BCUT2D eigenvalue weighted by Gasteiger charge is -2.36. The van der Waals surface area contributed by atoms with Crippen LogP contribution in [0, 0.1) is 19.7 Å². The Hall–Kier alpha value is -4.67. The third kappa shape index (κ3) is 5.69. The van der Waals surface area contributed by atoms with Crippen molar-refractivity contribution in [3.63, 3.8) is 0 Å². The quantitative estimate of drug-likeness (QED) is 0.161. The highest BCUT2D eigenvalue weighted by molar-refractivity contribution is 6.35. The lowest BCUT2D eigenvalue weighted by atomic mass is 9.86. The molecule has 0 spiro atoms. The number of methoxy groups -OCH3 is 1. The normalized spacial score (nSPS) is 18.0. The molecule has 0 saturated carbocycles. The molecule has 0 saturated heterocycles. The molecule has 6 aromatic rings. The number of rotatable bonds is 1. The van der Waals surface area contributed by atoms with Crippen LogP contribution in [0.1, 0.15) is 64.2 Å². The first kappa shape index (κ1) is 33.5. The minimum Gasteiger partial charge on any atom is -0.493 e. The molecule has 3 aromatic carbocycles. The molecule has 1 atom stereocenters. The molecule has 0 radical (unpaired) electrons. The molecule has 8 bridgehead atoms. The van der Waals surface area contributed by atoms with Crippen molar-refractivity contribution in [3.8, 4) is 16.9 Å². The topological polar surface area (TPSA) is 85.3 Å². The Labute approximate surface area is 300 Å². The minimum atomic E-state index is -0.674. The molecule has 11 heteroatoms. The number of carbonyl (C=O) groups is 1. The first-order chi connectivity index (χ1) is 24.6. The number of hydrogen-bond donors (Lipinski definition) is 0. The Morgan fingerprint density at radius 1 is 1.00 bits per heavy atom. The van der Waals surface area contributed by atoms with E-state index in [-0.39, 0.29) is 5.82 Å². The van der Waals surface area contributed by atoms with Crippen LogP contribution >= 0.6 is 11.6 Å². The minimum absolute atomic E-state index is 0.287. The highest BCUT2D eigenvalue weighted by Gasteiger charge is 2.40. The molecule has 0 amide bonds. The van der Waals surface area contributed by atoms with Crippen molar-refractivity contribution in [3.05, 3.63) is 99.0 Å². The number of carbonyl (C=O) groups excluding carboxylic acids is 1. The summed E-state index contributed by atoms with van der Waals surface area (Å²) in [4.78, 5) is 13.5. The third-order valence-electron chi connectivity index (χ3n) is 10.7. The van der Waals surface area contributed by atoms with Crippen LogP contribution in [0.5, 0.6) is 5.75 Å². The molecular weight excluding hydrogens is 669 g/mol. The van der Waals surface area contributed by atoms with Crippen molar-refractivity contribution in [2.24, 2.45) is 7.05 Å². The van der Waals surface area contributed by atoms with E-state index >= 15 is 0 Å². The summed E-state index contributed by atoms with van der Waals surface area (Å²) in [6.45, 7) is 8.15. The van der Waals surface area contributed by atoms with Gasteiger partial charge in [0.05, 0.1) is 44.0 Å². The second-order valence-electron chi connectivity index (χ2n) is 14.0. The summed E-state index contributed by atoms with van der Waals surface area (Å²) >= 11 is 7.16. The second-order valence-corrected chi connectivity index (χ2v) is 14.4. The highest BCUT2D eigenvalue weighted by Crippen LogP contribution is 2.47. The summed E-state index contributed by atoms with van der Waals surface area (Å²) in [6, 6.07) is 15.0. The van der Waals surface area contributed by atoms with Crippen LogP contribution in [-0.4, -0.2) is 50.4 Å². The molecule has 3 aromatic heterocycles. The second kappa shape index (κ2) is 12.8. The van der Waals surface area contributed by atoms with Gasteiger partial charge in [-0.05, 0) is 112 Å². The largest absolute Gasteiger partial charge is 0.493 e. The Bertz CT molecular complexity index is 2360. The van der Waals surface area contributed by atoms with E-state index in [0.717, 1.165) is 79.5 Å². The van der Waals surface area contributed by atoms with Crippen LogP contribution in [0.4, 0.5) is 4.39 Å². The van der Waals surface area contributed by atoms with Crippen LogP contribution in [-0.2, 0) is 54.5 Å². The van der Waals surface area contributed by atoms with Gasteiger partial charge in [-0.25, -0.2) is 9.18 Å². The summed E-state index contributed by atoms with van der Waals surface area (Å²) in [5.41, 5.74) is 8.22. The number of esters is 1. The van der Waals surface area contributed by atoms with Crippen molar-refractivity contribution >= 4 is 39.2 Å². The van der Waals surface area contributed by atoms with Gasteiger partial charge in [-0.15, -0.1) is 0 Å². The molecule has 8 rings (SSSR count). The monoisotopic (exact) mass is 709 g/mol. The fourth-order valence-electron chi connectivity index (χ4n) is 8.25. The predicted octanol–water partition coefficient (Wildman–Crippen LogP) is 8.03. The Morgan fingerprint density at radius 2 is 1.84 bits per heavy atom. The molecule has 9 nitrogen and oxygen atoms in total. The van der Waals surface area contributed by atoms with E-state index in [1.807, 2.05) is 48.3 Å². The van der Waals surface area contributed by atoms with Gasteiger partial charge in [0, 0.05) is 51.7 Å². The average molecular weight is 710 g/mol. The molecule has 5 heterocycles. The Kier molecular flexibility index (Phi) is 8.42. The van der Waals surface area contributed by atoms with Gasteiger partial charge in [0.25, 0.3) is 0 Å². The van der Waals surface area contributed by atoms with Crippen LogP contribution < -0.4 is 4.74 Å². The summed E-state index contributed by atoms with van der Waals surface area (Å²) in [5, 5.41) is 13.0. The van der Waals surface area contributed by atoms with Gasteiger partial charge in [0.1, 0.15) is 22.9 Å². The van der Waals surface area contributed by atoms with E-state index in [4.69, 9.17) is 36.0 Å². The van der Waals surface area contributed by atoms with Gasteiger partial charge in [-0.3, -0.25) is 9.36 Å². The van der Waals surface area contributed by atoms with Crippen molar-refractivity contribution in [2.75, 3.05) is 20.3 Å². The molecule has 0 unspecified atom stereocenters. The first-order valence-electron chi connectivity index (χ1n) is 17.5. The van der Waals surface area contributed by atoms with Gasteiger partial charge >= 0.3 is 5.97 Å². The van der Waals surface area contributed by atoms with Gasteiger partial charge in [-0.2, -0.15) is 10.2 Å². The maximum absolute atomic E-state index is 14.4. The summed E-state index contributed by atoms with van der Waals surface area (Å²) in [6.07, 6.45) is 3.48. The first-order valence-corrected chi connectivity index (χ1v) is 17.9. The van der Waals surface area contributed by atoms with Crippen molar-refractivity contribution < 1.29 is 23.4 Å². The van der Waals surface area contributed by atoms with E-state index < -0.39 is 11.6 Å². The van der Waals surface area contributed by atoms with Gasteiger partial charge in [0.15, 0.2) is 0 Å². The van der Waals surface area contributed by atoms with Crippen LogP contribution in [0.2, 0.25) is 5.02 Å². The number of benzene rings is 3. The lowest BCUT2D eigenvalue weighted by molar-refractivity contribution is -0.0719. The van der Waals surface area contributed by atoms with E-state index in [2.05, 4.69) is 23.7 Å². The van der Waals surface area contributed by atoms with Crippen molar-refractivity contribution in [1.82, 2.24) is 24.1 Å². The molecule has 0 fully saturated rings. The number of fused-ring (bicyclic) bond motifs is 7. The molecule has 51 heavy (non-hydrogen) atoms. The average Bonchev–Trinajstić information content (AvgIpc) is 3.74. The maximum Gasteiger partial charge on any atom is 0.354 e. The smallest absolute Gasteiger partial charge is 0.354 e. The summed E-state index contributed by atoms with van der Waals surface area (Å²) in [5.74, 6) is 0.00263. The SMILES string of the molecule is COC(=O)c1c(C)c2c3c(Cl)ccc2n1CCCOc1cc(cc2cc(F)ccc12)CCc1cc(nn1C)CC[C@]1(C)OCCn2nc(C)c-3c21. The van der Waals surface area contributed by atoms with Gasteiger partial charge in [0.2, 0.25) is 0 Å². The maximum atomic E-state index is 14.4. The number of hydrogen-bond acceptors (Lipinski definition) is 6. The third-order valence-corrected chi connectivity index (χ3v) is 11.0. The zero-order valence-corrected chi connectivity index (χ0v) is 30.4. The Morgan fingerprint density at radius 3 is 2.67 bits per heavy atom. The lowest BCUT2D eigenvalue weighted by Crippen LogP contribution is -2.37. The molecular formula is C40H41ClFN5O4. The van der Waals surface area contributed by atoms with Crippen molar-refractivity contribution in [2.45, 2.75) is 71.6 Å². The van der Waals surface area contributed by atoms with Crippen LogP contribution in [0.15, 0.2) is 48.5 Å². The molecule has 2 aliphatic rings. The van der Waals surface area contributed by atoms with E-state index in [9.17, 15) is 9.18 Å². The summed E-state index contributed by atoms with van der Waals surface area (Å²) < 4.78 is 38.9. The van der Waals surface area contributed by atoms with Crippen molar-refractivity contribution in [1.29, 1.82) is 0 Å². The zero-order valence-electron chi connectivity index (χ0n) is 29.6. The van der Waals surface area contributed by atoms with Gasteiger partial charge in [-0.1, -0.05) is 17.7 Å². The van der Waals surface area contributed by atoms with Crippen LogP contribution in [0.3, 0.4) is 0 Å². The molecule has 264 valence electrons. The standard InChI is InChI=1S/C40H41ClFN5O4/c1-23-34-32-12-11-31(41)36(34)35-24(2)43-47-16-18-51-40(3,38(35)47)14-13-28-22-29(45(4)44-28)9-7-25-19-26-21-27(42)8-10-30(26)33(20-25)50-17-6-15-46(32)37(23)39(48)49-5/h8,10-12,19-22H,6-7,9,13-18H2,1-5H3/t40-/m0/s1. The predicted molar refractivity (Wildman–Crippen MR) is 195 cm³/mol. The summed E-state index contributed by atoms with van der Waals surface area (Å²) in [7, 11) is 3.39. The van der Waals surface area contributed by atoms with E-state index in [1.54, 1.807) is 12.1 Å². The number of aromatic nitrogens is 5. The molecule has 0 aliphatic carbocycles. The van der Waals surface area contributed by atoms with Gasteiger partial charge < -0.3 is 18.8 Å². The zero-order chi connectivity index (χ0) is 35.6. The fourth-order valence-corrected chi connectivity index (χ4v) is 8.50. The number of aryl methyl sites for hydroxylation is 7. The number of nitrogens with zero attached hydrogens (tertiary/aromatic N) is 5. The van der Waals surface area contributed by atoms with E-state index in [1.165, 1.54) is 13.2 Å².